The Labute approximate surface area is 81.1 Å². The SMILES string of the molecule is Clc1sccc1C1=CCCNC1. The zero-order valence-corrected chi connectivity index (χ0v) is 8.21. The highest BCUT2D eigenvalue weighted by molar-refractivity contribution is 7.14. The molecule has 2 heterocycles. The Hall–Kier alpha value is -0.310. The maximum Gasteiger partial charge on any atom is 0.100 e. The van der Waals surface area contributed by atoms with Gasteiger partial charge in [-0.3, -0.25) is 0 Å². The molecule has 0 aliphatic carbocycles. The van der Waals surface area contributed by atoms with Crippen LogP contribution in [0.25, 0.3) is 5.57 Å². The summed E-state index contributed by atoms with van der Waals surface area (Å²) in [5.74, 6) is 0. The summed E-state index contributed by atoms with van der Waals surface area (Å²) in [5, 5.41) is 5.36. The minimum Gasteiger partial charge on any atom is -0.312 e. The molecule has 0 spiro atoms. The van der Waals surface area contributed by atoms with Crippen LogP contribution in [-0.4, -0.2) is 13.1 Å². The van der Waals surface area contributed by atoms with Gasteiger partial charge in [-0.15, -0.1) is 11.3 Å². The number of nitrogens with one attached hydrogen (secondary N) is 1. The molecule has 0 saturated carbocycles. The molecule has 0 fully saturated rings. The first kappa shape index (κ1) is 8.30. The topological polar surface area (TPSA) is 12.0 Å². The standard InChI is InChI=1S/C9H10ClNS/c10-9-8(3-5-12-9)7-2-1-4-11-6-7/h2-3,5,11H,1,4,6H2. The van der Waals surface area contributed by atoms with Gasteiger partial charge in [-0.25, -0.2) is 0 Å². The average molecular weight is 200 g/mol. The number of halogens is 1. The molecule has 1 nitrogen and oxygen atoms in total. The lowest BCUT2D eigenvalue weighted by Gasteiger charge is -2.13. The van der Waals surface area contributed by atoms with Gasteiger partial charge in [-0.1, -0.05) is 17.7 Å². The van der Waals surface area contributed by atoms with Crippen LogP contribution in [-0.2, 0) is 0 Å². The number of thiophene rings is 1. The van der Waals surface area contributed by atoms with E-state index in [0.29, 0.717) is 0 Å². The van der Waals surface area contributed by atoms with Crippen molar-refractivity contribution in [2.75, 3.05) is 13.1 Å². The summed E-state index contributed by atoms with van der Waals surface area (Å²) in [7, 11) is 0. The van der Waals surface area contributed by atoms with Crippen molar-refractivity contribution >= 4 is 28.5 Å². The first-order valence-electron chi connectivity index (χ1n) is 4.01. The summed E-state index contributed by atoms with van der Waals surface area (Å²) < 4.78 is 0.907. The monoisotopic (exact) mass is 199 g/mol. The fourth-order valence-corrected chi connectivity index (χ4v) is 2.36. The van der Waals surface area contributed by atoms with Gasteiger partial charge in [-0.05, 0) is 30.0 Å². The van der Waals surface area contributed by atoms with E-state index in [9.17, 15) is 0 Å². The van der Waals surface area contributed by atoms with Crippen LogP contribution in [0.3, 0.4) is 0 Å². The van der Waals surface area contributed by atoms with Gasteiger partial charge in [-0.2, -0.15) is 0 Å². The normalized spacial score (nSPS) is 17.6. The Kier molecular flexibility index (Phi) is 2.49. The molecule has 1 aromatic heterocycles. The van der Waals surface area contributed by atoms with Crippen LogP contribution in [0, 0.1) is 0 Å². The Morgan fingerprint density at radius 2 is 2.42 bits per heavy atom. The number of hydrogen-bond acceptors (Lipinski definition) is 2. The molecule has 0 atom stereocenters. The van der Waals surface area contributed by atoms with Gasteiger partial charge in [0.05, 0.1) is 0 Å². The van der Waals surface area contributed by atoms with Crippen molar-refractivity contribution in [3.8, 4) is 0 Å². The largest absolute Gasteiger partial charge is 0.312 e. The van der Waals surface area contributed by atoms with Crippen molar-refractivity contribution in [2.45, 2.75) is 6.42 Å². The number of rotatable bonds is 1. The Morgan fingerprint density at radius 1 is 1.50 bits per heavy atom. The van der Waals surface area contributed by atoms with Gasteiger partial charge in [0.1, 0.15) is 4.34 Å². The molecule has 2 rings (SSSR count). The summed E-state index contributed by atoms with van der Waals surface area (Å²) in [6.07, 6.45) is 3.38. The minimum atomic E-state index is 0.907. The van der Waals surface area contributed by atoms with E-state index in [1.165, 1.54) is 11.1 Å². The summed E-state index contributed by atoms with van der Waals surface area (Å²) in [6, 6.07) is 2.09. The van der Waals surface area contributed by atoms with Crippen LogP contribution >= 0.6 is 22.9 Å². The van der Waals surface area contributed by atoms with E-state index in [2.05, 4.69) is 17.5 Å². The molecule has 1 aliphatic heterocycles. The van der Waals surface area contributed by atoms with E-state index in [1.807, 2.05) is 5.38 Å². The molecule has 0 aromatic carbocycles. The third kappa shape index (κ3) is 1.56. The molecule has 0 radical (unpaired) electrons. The highest BCUT2D eigenvalue weighted by Gasteiger charge is 2.09. The van der Waals surface area contributed by atoms with E-state index in [-0.39, 0.29) is 0 Å². The van der Waals surface area contributed by atoms with Gasteiger partial charge >= 0.3 is 0 Å². The molecule has 0 saturated heterocycles. The van der Waals surface area contributed by atoms with Crippen molar-refractivity contribution in [1.82, 2.24) is 5.32 Å². The molecule has 0 unspecified atom stereocenters. The van der Waals surface area contributed by atoms with Gasteiger partial charge in [0.2, 0.25) is 0 Å². The zero-order valence-electron chi connectivity index (χ0n) is 6.64. The van der Waals surface area contributed by atoms with Crippen molar-refractivity contribution < 1.29 is 0 Å². The molecule has 0 bridgehead atoms. The molecule has 3 heteroatoms. The zero-order chi connectivity index (χ0) is 8.39. The van der Waals surface area contributed by atoms with Crippen molar-refractivity contribution in [3.63, 3.8) is 0 Å². The van der Waals surface area contributed by atoms with E-state index in [0.717, 1.165) is 23.8 Å². The third-order valence-corrected chi connectivity index (χ3v) is 3.16. The summed E-state index contributed by atoms with van der Waals surface area (Å²) >= 11 is 7.62. The first-order chi connectivity index (χ1) is 5.88. The van der Waals surface area contributed by atoms with Gasteiger partial charge in [0.15, 0.2) is 0 Å². The molecule has 1 aromatic rings. The van der Waals surface area contributed by atoms with E-state index >= 15 is 0 Å². The Morgan fingerprint density at radius 3 is 3.00 bits per heavy atom. The van der Waals surface area contributed by atoms with Gasteiger partial charge < -0.3 is 5.32 Å². The molecule has 1 N–H and O–H groups in total. The Balaban J connectivity index is 2.29. The molecule has 0 amide bonds. The second-order valence-electron chi connectivity index (χ2n) is 2.80. The molecule has 64 valence electrons. The van der Waals surface area contributed by atoms with Crippen LogP contribution in [0.4, 0.5) is 0 Å². The number of hydrogen-bond donors (Lipinski definition) is 1. The van der Waals surface area contributed by atoms with Crippen molar-refractivity contribution in [3.05, 3.63) is 27.4 Å². The molecule has 1 aliphatic rings. The average Bonchev–Trinajstić information content (AvgIpc) is 2.53. The predicted molar refractivity (Wildman–Crippen MR) is 54.8 cm³/mol. The van der Waals surface area contributed by atoms with E-state index in [4.69, 9.17) is 11.6 Å². The van der Waals surface area contributed by atoms with Crippen LogP contribution in [0.5, 0.6) is 0 Å². The lowest BCUT2D eigenvalue weighted by atomic mass is 10.1. The summed E-state index contributed by atoms with van der Waals surface area (Å²) in [6.45, 7) is 2.04. The lowest BCUT2D eigenvalue weighted by Crippen LogP contribution is -2.21. The fourth-order valence-electron chi connectivity index (χ4n) is 1.37. The maximum absolute atomic E-state index is 6.02. The van der Waals surface area contributed by atoms with E-state index in [1.54, 1.807) is 11.3 Å². The quantitative estimate of drug-likeness (QED) is 0.734. The molecular weight excluding hydrogens is 190 g/mol. The Bertz CT molecular complexity index is 303. The highest BCUT2D eigenvalue weighted by Crippen LogP contribution is 2.29. The van der Waals surface area contributed by atoms with Crippen molar-refractivity contribution in [1.29, 1.82) is 0 Å². The molecule has 12 heavy (non-hydrogen) atoms. The maximum atomic E-state index is 6.02. The van der Waals surface area contributed by atoms with Gasteiger partial charge in [0, 0.05) is 12.1 Å². The predicted octanol–water partition coefficient (Wildman–Crippen LogP) is 2.78. The fraction of sp³-hybridized carbons (Fsp3) is 0.333. The lowest BCUT2D eigenvalue weighted by molar-refractivity contribution is 0.739. The van der Waals surface area contributed by atoms with Crippen LogP contribution in [0.15, 0.2) is 17.5 Å². The van der Waals surface area contributed by atoms with Crippen LogP contribution in [0.2, 0.25) is 4.34 Å². The molecular formula is C9H10ClNS. The van der Waals surface area contributed by atoms with E-state index < -0.39 is 0 Å². The van der Waals surface area contributed by atoms with Gasteiger partial charge in [0.25, 0.3) is 0 Å². The smallest absolute Gasteiger partial charge is 0.100 e. The second kappa shape index (κ2) is 3.60. The minimum absolute atomic E-state index is 0.907. The summed E-state index contributed by atoms with van der Waals surface area (Å²) in [5.41, 5.74) is 2.54. The van der Waals surface area contributed by atoms with Crippen LogP contribution in [0.1, 0.15) is 12.0 Å². The van der Waals surface area contributed by atoms with Crippen LogP contribution < -0.4 is 5.32 Å². The second-order valence-corrected chi connectivity index (χ2v) is 4.32. The highest BCUT2D eigenvalue weighted by atomic mass is 35.5. The third-order valence-electron chi connectivity index (χ3n) is 1.99. The first-order valence-corrected chi connectivity index (χ1v) is 5.27. The summed E-state index contributed by atoms with van der Waals surface area (Å²) in [4.78, 5) is 0. The van der Waals surface area contributed by atoms with Crippen molar-refractivity contribution in [2.24, 2.45) is 0 Å².